The Balaban J connectivity index is 1.76. The van der Waals surface area contributed by atoms with Crippen molar-refractivity contribution in [1.29, 1.82) is 0 Å². The lowest BCUT2D eigenvalue weighted by Crippen LogP contribution is -2.34. The molecule has 1 aliphatic rings. The Morgan fingerprint density at radius 2 is 2.00 bits per heavy atom. The molecule has 1 atom stereocenters. The molecule has 0 bridgehead atoms. The number of methoxy groups -OCH3 is 1. The summed E-state index contributed by atoms with van der Waals surface area (Å²) in [5, 5.41) is 4.62. The van der Waals surface area contributed by atoms with Gasteiger partial charge in [0.05, 0.1) is 18.8 Å². The van der Waals surface area contributed by atoms with E-state index in [1.54, 1.807) is 11.4 Å². The molecule has 0 aliphatic carbocycles. The number of esters is 1. The van der Waals surface area contributed by atoms with E-state index in [0.29, 0.717) is 17.1 Å². The smallest absolute Gasteiger partial charge is 0.350 e. The molecule has 1 saturated heterocycles. The van der Waals surface area contributed by atoms with E-state index < -0.39 is 5.97 Å². The third-order valence-corrected chi connectivity index (χ3v) is 5.15. The predicted molar refractivity (Wildman–Crippen MR) is 94.5 cm³/mol. The summed E-state index contributed by atoms with van der Waals surface area (Å²) in [5.74, 6) is -0.434. The van der Waals surface area contributed by atoms with Crippen LogP contribution in [0.1, 0.15) is 39.7 Å². The summed E-state index contributed by atoms with van der Waals surface area (Å²) < 4.78 is 4.75. The Morgan fingerprint density at radius 1 is 1.25 bits per heavy atom. The van der Waals surface area contributed by atoms with Crippen LogP contribution < -0.4 is 5.32 Å². The van der Waals surface area contributed by atoms with Gasteiger partial charge in [-0.2, -0.15) is 0 Å². The average molecular weight is 344 g/mol. The van der Waals surface area contributed by atoms with Crippen molar-refractivity contribution in [3.63, 3.8) is 0 Å². The van der Waals surface area contributed by atoms with Crippen molar-refractivity contribution >= 4 is 29.0 Å². The first-order chi connectivity index (χ1) is 11.6. The number of rotatable bonds is 3. The Kier molecular flexibility index (Phi) is 4.85. The van der Waals surface area contributed by atoms with Crippen molar-refractivity contribution in [3.05, 3.63) is 51.7 Å². The van der Waals surface area contributed by atoms with E-state index in [2.05, 4.69) is 29.6 Å². The molecule has 24 heavy (non-hydrogen) atoms. The second-order valence-electron chi connectivity index (χ2n) is 5.85. The summed E-state index contributed by atoms with van der Waals surface area (Å²) in [6, 6.07) is 9.92. The monoisotopic (exact) mass is 344 g/mol. The van der Waals surface area contributed by atoms with Crippen LogP contribution in [0.15, 0.2) is 35.7 Å². The fourth-order valence-electron chi connectivity index (χ4n) is 2.99. The number of nitrogens with zero attached hydrogens (tertiary/aromatic N) is 1. The van der Waals surface area contributed by atoms with Crippen LogP contribution in [0.4, 0.5) is 10.5 Å². The van der Waals surface area contributed by atoms with Crippen molar-refractivity contribution in [2.45, 2.75) is 25.8 Å². The van der Waals surface area contributed by atoms with E-state index in [1.807, 2.05) is 11.8 Å². The minimum absolute atomic E-state index is 0.0748. The zero-order valence-corrected chi connectivity index (χ0v) is 14.6. The van der Waals surface area contributed by atoms with Crippen LogP contribution in [0, 0.1) is 6.92 Å². The number of thiophene rings is 1. The molecule has 2 amide bonds. The minimum atomic E-state index is -0.434. The lowest BCUT2D eigenvalue weighted by atomic mass is 10.0. The highest BCUT2D eigenvalue weighted by Crippen LogP contribution is 2.33. The number of carbonyl (C=O) groups excluding carboxylic acids is 2. The van der Waals surface area contributed by atoms with Crippen LogP contribution in [0.5, 0.6) is 0 Å². The lowest BCUT2D eigenvalue weighted by molar-refractivity contribution is 0.0607. The molecule has 1 unspecified atom stereocenters. The fourth-order valence-corrected chi connectivity index (χ4v) is 3.76. The molecule has 0 spiro atoms. The third-order valence-electron chi connectivity index (χ3n) is 4.25. The standard InChI is InChI=1S/C18H20N2O3S/c1-12-5-7-13(8-6-12)15-4-3-10-20(15)18(22)19-14-9-11-24-16(14)17(21)23-2/h5-9,11,15H,3-4,10H2,1-2H3,(H,19,22). The number of amides is 2. The molecule has 2 aromatic rings. The van der Waals surface area contributed by atoms with Crippen molar-refractivity contribution in [2.75, 3.05) is 19.0 Å². The molecule has 0 radical (unpaired) electrons. The van der Waals surface area contributed by atoms with Crippen LogP contribution in [0.25, 0.3) is 0 Å². The normalized spacial score (nSPS) is 16.9. The number of benzene rings is 1. The van der Waals surface area contributed by atoms with Gasteiger partial charge in [-0.25, -0.2) is 9.59 Å². The summed E-state index contributed by atoms with van der Waals surface area (Å²) in [4.78, 5) is 26.7. The van der Waals surface area contributed by atoms with Crippen molar-refractivity contribution < 1.29 is 14.3 Å². The van der Waals surface area contributed by atoms with Crippen LogP contribution >= 0.6 is 11.3 Å². The van der Waals surface area contributed by atoms with Gasteiger partial charge in [-0.3, -0.25) is 0 Å². The van der Waals surface area contributed by atoms with Crippen LogP contribution in [0.3, 0.4) is 0 Å². The highest BCUT2D eigenvalue weighted by atomic mass is 32.1. The summed E-state index contributed by atoms with van der Waals surface area (Å²) in [6.07, 6.45) is 1.92. The molecule has 1 aromatic heterocycles. The largest absolute Gasteiger partial charge is 0.465 e. The van der Waals surface area contributed by atoms with E-state index >= 15 is 0 Å². The Bertz CT molecular complexity index is 739. The second kappa shape index (κ2) is 7.05. The third kappa shape index (κ3) is 3.28. The van der Waals surface area contributed by atoms with Crippen LogP contribution in [-0.4, -0.2) is 30.6 Å². The quantitative estimate of drug-likeness (QED) is 0.849. The zero-order valence-electron chi connectivity index (χ0n) is 13.7. The molecule has 1 aliphatic heterocycles. The lowest BCUT2D eigenvalue weighted by Gasteiger charge is -2.25. The molecule has 0 saturated carbocycles. The van der Waals surface area contributed by atoms with E-state index in [1.165, 1.54) is 24.0 Å². The van der Waals surface area contributed by atoms with Gasteiger partial charge in [0.1, 0.15) is 4.88 Å². The first-order valence-electron chi connectivity index (χ1n) is 7.90. The molecule has 6 heteroatoms. The summed E-state index contributed by atoms with van der Waals surface area (Å²) in [6.45, 7) is 2.76. The highest BCUT2D eigenvalue weighted by molar-refractivity contribution is 7.12. The molecule has 126 valence electrons. The maximum absolute atomic E-state index is 12.7. The van der Waals surface area contributed by atoms with Crippen molar-refractivity contribution in [3.8, 4) is 0 Å². The van der Waals surface area contributed by atoms with Gasteiger partial charge in [-0.1, -0.05) is 29.8 Å². The van der Waals surface area contributed by atoms with Crippen molar-refractivity contribution in [2.24, 2.45) is 0 Å². The first kappa shape index (κ1) is 16.5. The Hall–Kier alpha value is -2.34. The van der Waals surface area contributed by atoms with Crippen LogP contribution in [0.2, 0.25) is 0 Å². The average Bonchev–Trinajstić information content (AvgIpc) is 3.24. The zero-order chi connectivity index (χ0) is 17.1. The van der Waals surface area contributed by atoms with Gasteiger partial charge >= 0.3 is 12.0 Å². The number of hydrogen-bond acceptors (Lipinski definition) is 4. The maximum atomic E-state index is 12.7. The maximum Gasteiger partial charge on any atom is 0.350 e. The Labute approximate surface area is 145 Å². The number of nitrogens with one attached hydrogen (secondary N) is 1. The molecule has 1 N–H and O–H groups in total. The molecule has 1 fully saturated rings. The molecule has 1 aromatic carbocycles. The van der Waals surface area contributed by atoms with Gasteiger partial charge in [-0.15, -0.1) is 11.3 Å². The van der Waals surface area contributed by atoms with E-state index in [9.17, 15) is 9.59 Å². The van der Waals surface area contributed by atoms with Gasteiger partial charge in [0.2, 0.25) is 0 Å². The molecule has 5 nitrogen and oxygen atoms in total. The van der Waals surface area contributed by atoms with Gasteiger partial charge in [-0.05, 0) is 36.8 Å². The molecule has 2 heterocycles. The van der Waals surface area contributed by atoms with Gasteiger partial charge in [0, 0.05) is 6.54 Å². The van der Waals surface area contributed by atoms with Gasteiger partial charge in [0.15, 0.2) is 0 Å². The summed E-state index contributed by atoms with van der Waals surface area (Å²) in [7, 11) is 1.33. The number of likely N-dealkylation sites (tertiary alicyclic amines) is 1. The molecular weight excluding hydrogens is 324 g/mol. The first-order valence-corrected chi connectivity index (χ1v) is 8.78. The summed E-state index contributed by atoms with van der Waals surface area (Å²) in [5.41, 5.74) is 2.85. The minimum Gasteiger partial charge on any atom is -0.465 e. The highest BCUT2D eigenvalue weighted by Gasteiger charge is 2.30. The van der Waals surface area contributed by atoms with E-state index in [4.69, 9.17) is 4.74 Å². The number of anilines is 1. The van der Waals surface area contributed by atoms with Crippen LogP contribution in [-0.2, 0) is 4.74 Å². The molecular formula is C18H20N2O3S. The number of aryl methyl sites for hydroxylation is 1. The fraction of sp³-hybridized carbons (Fsp3) is 0.333. The Morgan fingerprint density at radius 3 is 2.71 bits per heavy atom. The molecule has 3 rings (SSSR count). The van der Waals surface area contributed by atoms with Gasteiger partial charge in [0.25, 0.3) is 0 Å². The number of urea groups is 1. The van der Waals surface area contributed by atoms with E-state index in [0.717, 1.165) is 18.4 Å². The topological polar surface area (TPSA) is 58.6 Å². The number of ether oxygens (including phenoxy) is 1. The summed E-state index contributed by atoms with van der Waals surface area (Å²) >= 11 is 1.26. The number of carbonyl (C=O) groups is 2. The number of hydrogen-bond donors (Lipinski definition) is 1. The van der Waals surface area contributed by atoms with Gasteiger partial charge < -0.3 is 15.0 Å². The predicted octanol–water partition coefficient (Wildman–Crippen LogP) is 4.21. The van der Waals surface area contributed by atoms with E-state index in [-0.39, 0.29) is 12.1 Å². The second-order valence-corrected chi connectivity index (χ2v) is 6.76. The van der Waals surface area contributed by atoms with Crippen molar-refractivity contribution in [1.82, 2.24) is 4.90 Å². The SMILES string of the molecule is COC(=O)c1sccc1NC(=O)N1CCCC1c1ccc(C)cc1.